The average molecular weight is 498 g/mol. The molecule has 1 aromatic carbocycles. The Hall–Kier alpha value is -1.63. The van der Waals surface area contributed by atoms with Crippen molar-refractivity contribution >= 4 is 24.5 Å². The topological polar surface area (TPSA) is 93.1 Å². The summed E-state index contributed by atoms with van der Waals surface area (Å²) >= 11 is 0. The Labute approximate surface area is 187 Å². The molecule has 0 radical (unpaired) electrons. The molecule has 0 aliphatic carbocycles. The van der Waals surface area contributed by atoms with Gasteiger partial charge in [-0.05, 0) is 37.2 Å². The lowest BCUT2D eigenvalue weighted by Crippen LogP contribution is -2.51. The van der Waals surface area contributed by atoms with Crippen molar-refractivity contribution in [3.05, 3.63) is 29.8 Å². The quantitative estimate of drug-likeness (QED) is 0.449. The number of hydrogen-bond acceptors (Lipinski definition) is 5. The highest BCUT2D eigenvalue weighted by Crippen LogP contribution is 2.46. The zero-order valence-electron chi connectivity index (χ0n) is 19.0. The molecule has 32 heavy (non-hydrogen) atoms. The third-order valence-electron chi connectivity index (χ3n) is 6.22. The predicted molar refractivity (Wildman–Crippen MR) is 115 cm³/mol. The van der Waals surface area contributed by atoms with E-state index in [-0.39, 0.29) is 11.6 Å². The van der Waals surface area contributed by atoms with Gasteiger partial charge in [0.2, 0.25) is 5.60 Å². The first-order chi connectivity index (χ1) is 14.3. The first-order valence-corrected chi connectivity index (χ1v) is 14.4. The Morgan fingerprint density at radius 3 is 2.19 bits per heavy atom. The number of likely N-dealkylation sites (tertiary alicyclic amines) is 1. The van der Waals surface area contributed by atoms with E-state index in [1.165, 1.54) is 12.1 Å². The Morgan fingerprint density at radius 2 is 1.75 bits per heavy atom. The van der Waals surface area contributed by atoms with Gasteiger partial charge in [0.25, 0.3) is 10.1 Å². The number of amides is 1. The van der Waals surface area contributed by atoms with Gasteiger partial charge in [-0.1, -0.05) is 38.5 Å². The molecule has 7 nitrogen and oxygen atoms in total. The molecule has 1 heterocycles. The third kappa shape index (κ3) is 5.46. The molecular weight excluding hydrogens is 467 g/mol. The van der Waals surface area contributed by atoms with Gasteiger partial charge in [-0.2, -0.15) is 21.6 Å². The van der Waals surface area contributed by atoms with Crippen LogP contribution in [0.5, 0.6) is 0 Å². The van der Waals surface area contributed by atoms with Crippen molar-refractivity contribution in [1.29, 1.82) is 0 Å². The normalized spacial score (nSPS) is 22.9. The molecule has 0 spiro atoms. The molecule has 0 saturated carbocycles. The minimum atomic E-state index is -5.13. The van der Waals surface area contributed by atoms with Crippen LogP contribution in [0.4, 0.5) is 18.0 Å². The van der Waals surface area contributed by atoms with Crippen LogP contribution in [-0.4, -0.2) is 63.8 Å². The van der Waals surface area contributed by atoms with Crippen molar-refractivity contribution in [2.75, 3.05) is 13.2 Å². The lowest BCUT2D eigenvalue weighted by atomic mass is 10.0. The molecule has 1 aliphatic rings. The summed E-state index contributed by atoms with van der Waals surface area (Å²) in [6.45, 7) is 9.87. The minimum Gasteiger partial charge on any atom is -0.465 e. The Balaban J connectivity index is 2.38. The second-order valence-electron chi connectivity index (χ2n) is 9.68. The Kier molecular flexibility index (Phi) is 7.17. The maximum absolute atomic E-state index is 14.2. The second kappa shape index (κ2) is 8.62. The fourth-order valence-electron chi connectivity index (χ4n) is 3.13. The van der Waals surface area contributed by atoms with Crippen LogP contribution in [0, 0.1) is 6.92 Å². The van der Waals surface area contributed by atoms with Crippen LogP contribution in [0.1, 0.15) is 32.8 Å². The van der Waals surface area contributed by atoms with E-state index in [0.29, 0.717) is 4.90 Å². The van der Waals surface area contributed by atoms with Crippen molar-refractivity contribution in [3.8, 4) is 0 Å². The van der Waals surface area contributed by atoms with E-state index in [4.69, 9.17) is 8.61 Å². The van der Waals surface area contributed by atoms with Gasteiger partial charge in [-0.3, -0.25) is 4.90 Å². The van der Waals surface area contributed by atoms with Crippen LogP contribution in [-0.2, 0) is 18.7 Å². The number of alkyl halides is 3. The largest absolute Gasteiger partial charge is 0.465 e. The summed E-state index contributed by atoms with van der Waals surface area (Å²) in [6.07, 6.45) is -7.62. The number of halogens is 3. The summed E-state index contributed by atoms with van der Waals surface area (Å²) in [5, 5.41) is 9.28. The fourth-order valence-corrected chi connectivity index (χ4v) is 5.37. The van der Waals surface area contributed by atoms with Crippen molar-refractivity contribution in [3.63, 3.8) is 0 Å². The van der Waals surface area contributed by atoms with Crippen molar-refractivity contribution in [2.45, 2.75) is 75.0 Å². The van der Waals surface area contributed by atoms with Crippen LogP contribution in [0.3, 0.4) is 0 Å². The van der Waals surface area contributed by atoms with Gasteiger partial charge in [-0.15, -0.1) is 0 Å². The highest BCUT2D eigenvalue weighted by molar-refractivity contribution is 7.86. The van der Waals surface area contributed by atoms with E-state index in [0.717, 1.165) is 17.7 Å². The Morgan fingerprint density at radius 1 is 1.22 bits per heavy atom. The molecule has 1 aromatic rings. The molecule has 182 valence electrons. The lowest BCUT2D eigenvalue weighted by molar-refractivity contribution is -0.241. The monoisotopic (exact) mass is 497 g/mol. The molecule has 1 unspecified atom stereocenters. The number of carbonyl (C=O) groups is 1. The summed E-state index contributed by atoms with van der Waals surface area (Å²) in [7, 11) is -7.21. The van der Waals surface area contributed by atoms with Crippen LogP contribution in [0.2, 0.25) is 18.1 Å². The van der Waals surface area contributed by atoms with Gasteiger partial charge >= 0.3 is 12.3 Å². The van der Waals surface area contributed by atoms with Crippen LogP contribution in [0.15, 0.2) is 29.2 Å². The van der Waals surface area contributed by atoms with E-state index < -0.39 is 60.2 Å². The summed E-state index contributed by atoms with van der Waals surface area (Å²) in [5.41, 5.74) is -2.49. The van der Waals surface area contributed by atoms with Crippen molar-refractivity contribution in [2.24, 2.45) is 0 Å². The molecule has 1 amide bonds. The van der Waals surface area contributed by atoms with E-state index in [9.17, 15) is 31.5 Å². The van der Waals surface area contributed by atoms with Gasteiger partial charge in [0.1, 0.15) is 0 Å². The molecule has 1 aliphatic heterocycles. The molecule has 2 atom stereocenters. The second-order valence-corrected chi connectivity index (χ2v) is 16.0. The first kappa shape index (κ1) is 26.6. The lowest BCUT2D eigenvalue weighted by Gasteiger charge is -2.37. The maximum Gasteiger partial charge on any atom is 0.420 e. The van der Waals surface area contributed by atoms with Crippen LogP contribution in [0.25, 0.3) is 0 Å². The number of nitrogens with zero attached hydrogens (tertiary/aromatic N) is 1. The summed E-state index contributed by atoms with van der Waals surface area (Å²) in [6, 6.07) is 3.96. The number of carboxylic acid groups (broad SMARTS) is 1. The van der Waals surface area contributed by atoms with E-state index >= 15 is 0 Å². The maximum atomic E-state index is 14.2. The fraction of sp³-hybridized carbons (Fsp3) is 0.650. The summed E-state index contributed by atoms with van der Waals surface area (Å²) < 4.78 is 78.6. The molecule has 1 N–H and O–H groups in total. The van der Waals surface area contributed by atoms with Gasteiger partial charge in [0.15, 0.2) is 8.32 Å². The van der Waals surface area contributed by atoms with Crippen molar-refractivity contribution in [1.82, 2.24) is 4.90 Å². The van der Waals surface area contributed by atoms with E-state index in [1.807, 2.05) is 33.9 Å². The molecular formula is C20H30F3NO6SSi. The molecule has 2 rings (SSSR count). The smallest absolute Gasteiger partial charge is 0.420 e. The third-order valence-corrected chi connectivity index (χ3v) is 12.1. The predicted octanol–water partition coefficient (Wildman–Crippen LogP) is 4.78. The molecule has 1 fully saturated rings. The van der Waals surface area contributed by atoms with Gasteiger partial charge in [-0.25, -0.2) is 8.98 Å². The van der Waals surface area contributed by atoms with E-state index in [1.54, 1.807) is 6.92 Å². The minimum absolute atomic E-state index is 0.244. The first-order valence-electron chi connectivity index (χ1n) is 10.0. The van der Waals surface area contributed by atoms with Crippen molar-refractivity contribution < 1.29 is 40.1 Å². The number of rotatable bonds is 6. The SMILES string of the molecule is Cc1ccc(S(=O)(=O)OC2(C(F)(F)F)C[C@@H](CO[Si](C)(C)C(C)(C)C)N(C(=O)O)C2)cc1. The van der Waals surface area contributed by atoms with Gasteiger partial charge < -0.3 is 9.53 Å². The molecule has 1 saturated heterocycles. The molecule has 0 aromatic heterocycles. The zero-order valence-corrected chi connectivity index (χ0v) is 20.8. The van der Waals surface area contributed by atoms with Crippen LogP contribution < -0.4 is 0 Å². The standard InChI is InChI=1S/C20H30F3NO6SSi/c1-14-7-9-16(10-8-14)31(27,28)30-19(20(21,22)23)11-15(24(13-19)17(25)26)12-29-32(5,6)18(2,3)4/h7-10,15H,11-13H2,1-6H3,(H,25,26)/t15-,19?/m0/s1. The number of hydrogen-bond donors (Lipinski definition) is 1. The summed E-state index contributed by atoms with van der Waals surface area (Å²) in [4.78, 5) is 11.9. The number of aryl methyl sites for hydroxylation is 1. The number of benzene rings is 1. The molecule has 12 heteroatoms. The Bertz CT molecular complexity index is 944. The highest BCUT2D eigenvalue weighted by atomic mass is 32.2. The van der Waals surface area contributed by atoms with E-state index in [2.05, 4.69) is 0 Å². The van der Waals surface area contributed by atoms with Gasteiger partial charge in [0.05, 0.1) is 24.1 Å². The van der Waals surface area contributed by atoms with Crippen LogP contribution >= 0.6 is 0 Å². The highest BCUT2D eigenvalue weighted by Gasteiger charge is 2.65. The summed E-state index contributed by atoms with van der Waals surface area (Å²) in [5.74, 6) is 0. The average Bonchev–Trinajstić information content (AvgIpc) is 2.99. The molecule has 0 bridgehead atoms. The zero-order chi connectivity index (χ0) is 24.8. The van der Waals surface area contributed by atoms with Gasteiger partial charge in [0, 0.05) is 6.42 Å².